The van der Waals surface area contributed by atoms with Crippen molar-refractivity contribution in [2.45, 2.75) is 26.2 Å². The molecule has 1 aromatic heterocycles. The van der Waals surface area contributed by atoms with Gasteiger partial charge in [0.25, 0.3) is 0 Å². The average molecular weight is 287 g/mol. The molecule has 0 aliphatic heterocycles. The molecule has 0 unspecified atom stereocenters. The lowest BCUT2D eigenvalue weighted by Gasteiger charge is -2.13. The Morgan fingerprint density at radius 3 is 2.48 bits per heavy atom. The lowest BCUT2D eigenvalue weighted by atomic mass is 10.2. The van der Waals surface area contributed by atoms with Gasteiger partial charge in [0.15, 0.2) is 5.69 Å². The third-order valence-electron chi connectivity index (χ3n) is 3.38. The summed E-state index contributed by atoms with van der Waals surface area (Å²) >= 11 is 0. The summed E-state index contributed by atoms with van der Waals surface area (Å²) in [5.41, 5.74) is 2.86. The maximum atomic E-state index is 11.4. The van der Waals surface area contributed by atoms with Gasteiger partial charge in [0, 0.05) is 19.8 Å². The van der Waals surface area contributed by atoms with Crippen LogP contribution >= 0.6 is 0 Å². The second-order valence-corrected chi connectivity index (χ2v) is 5.25. The molecule has 0 spiro atoms. The predicted molar refractivity (Wildman–Crippen MR) is 83.5 cm³/mol. The van der Waals surface area contributed by atoms with Gasteiger partial charge in [0.1, 0.15) is 0 Å². The molecule has 5 heteroatoms. The Balaban J connectivity index is 2.36. The minimum Gasteiger partial charge on any atom is -0.477 e. The highest BCUT2D eigenvalue weighted by Gasteiger charge is 2.15. The fourth-order valence-electron chi connectivity index (χ4n) is 2.15. The summed E-state index contributed by atoms with van der Waals surface area (Å²) in [5, 5.41) is 13.8. The lowest BCUT2D eigenvalue weighted by Crippen LogP contribution is -2.10. The van der Waals surface area contributed by atoms with Crippen LogP contribution in [0.4, 0.5) is 5.69 Å². The molecule has 0 radical (unpaired) electrons. The summed E-state index contributed by atoms with van der Waals surface area (Å²) in [6, 6.07) is 9.34. The van der Waals surface area contributed by atoms with Crippen LogP contribution in [0.3, 0.4) is 0 Å². The predicted octanol–water partition coefficient (Wildman–Crippen LogP) is 2.98. The second kappa shape index (κ2) is 6.43. The van der Waals surface area contributed by atoms with E-state index in [1.165, 1.54) is 4.68 Å². The number of aryl methyl sites for hydroxylation is 1. The standard InChI is InChI=1S/C16H21N3O2/c1-4-5-6-12-11-15(16(20)21)19(17-12)14-9-7-13(8-10-14)18(2)3/h7-11H,4-6H2,1-3H3,(H,20,21). The fraction of sp³-hybridized carbons (Fsp3) is 0.375. The van der Waals surface area contributed by atoms with Gasteiger partial charge in [0.2, 0.25) is 0 Å². The molecule has 0 atom stereocenters. The first-order valence-electron chi connectivity index (χ1n) is 7.13. The molecule has 0 bridgehead atoms. The van der Waals surface area contributed by atoms with Crippen LogP contribution in [-0.2, 0) is 6.42 Å². The molecular formula is C16H21N3O2. The van der Waals surface area contributed by atoms with Crippen molar-refractivity contribution < 1.29 is 9.90 Å². The van der Waals surface area contributed by atoms with E-state index in [1.54, 1.807) is 6.07 Å². The third-order valence-corrected chi connectivity index (χ3v) is 3.38. The second-order valence-electron chi connectivity index (χ2n) is 5.25. The van der Waals surface area contributed by atoms with Crippen molar-refractivity contribution in [1.82, 2.24) is 9.78 Å². The van der Waals surface area contributed by atoms with Crippen LogP contribution in [0.1, 0.15) is 35.9 Å². The molecule has 1 aromatic carbocycles. The number of carboxylic acids is 1. The first-order chi connectivity index (χ1) is 10.0. The molecule has 112 valence electrons. The topological polar surface area (TPSA) is 58.4 Å². The smallest absolute Gasteiger partial charge is 0.354 e. The summed E-state index contributed by atoms with van der Waals surface area (Å²) in [6.45, 7) is 2.11. The van der Waals surface area contributed by atoms with Crippen molar-refractivity contribution in [3.05, 3.63) is 41.7 Å². The molecule has 0 saturated heterocycles. The molecule has 1 N–H and O–H groups in total. The van der Waals surface area contributed by atoms with Gasteiger partial charge in [0.05, 0.1) is 11.4 Å². The average Bonchev–Trinajstić information content (AvgIpc) is 2.89. The molecule has 0 amide bonds. The van der Waals surface area contributed by atoms with Gasteiger partial charge in [-0.25, -0.2) is 9.48 Å². The number of unbranched alkanes of at least 4 members (excludes halogenated alkanes) is 1. The SMILES string of the molecule is CCCCc1cc(C(=O)O)n(-c2ccc(N(C)C)cc2)n1. The molecule has 0 aliphatic rings. The van der Waals surface area contributed by atoms with Crippen LogP contribution in [0, 0.1) is 0 Å². The Labute approximate surface area is 124 Å². The number of carbonyl (C=O) groups is 1. The van der Waals surface area contributed by atoms with Crippen LogP contribution in [0.2, 0.25) is 0 Å². The highest BCUT2D eigenvalue weighted by Crippen LogP contribution is 2.18. The largest absolute Gasteiger partial charge is 0.477 e. The van der Waals surface area contributed by atoms with Gasteiger partial charge in [-0.1, -0.05) is 13.3 Å². The molecule has 1 heterocycles. The zero-order valence-electron chi connectivity index (χ0n) is 12.7. The zero-order valence-corrected chi connectivity index (χ0v) is 12.7. The van der Waals surface area contributed by atoms with Crippen molar-refractivity contribution in [3.63, 3.8) is 0 Å². The molecule has 0 fully saturated rings. The lowest BCUT2D eigenvalue weighted by molar-refractivity contribution is 0.0687. The number of nitrogens with zero attached hydrogens (tertiary/aromatic N) is 3. The monoisotopic (exact) mass is 287 g/mol. The number of rotatable bonds is 6. The van der Waals surface area contributed by atoms with Crippen LogP contribution in [-0.4, -0.2) is 35.0 Å². The number of carboxylic acid groups (broad SMARTS) is 1. The number of hydrogen-bond acceptors (Lipinski definition) is 3. The normalized spacial score (nSPS) is 10.6. The quantitative estimate of drug-likeness (QED) is 0.887. The Hall–Kier alpha value is -2.30. The van der Waals surface area contributed by atoms with E-state index in [9.17, 15) is 9.90 Å². The van der Waals surface area contributed by atoms with E-state index >= 15 is 0 Å². The number of anilines is 1. The van der Waals surface area contributed by atoms with Crippen molar-refractivity contribution in [3.8, 4) is 5.69 Å². The van der Waals surface area contributed by atoms with E-state index in [2.05, 4.69) is 12.0 Å². The molecule has 2 aromatic rings. The van der Waals surface area contributed by atoms with Crippen molar-refractivity contribution in [2.75, 3.05) is 19.0 Å². The highest BCUT2D eigenvalue weighted by molar-refractivity contribution is 5.86. The molecule has 21 heavy (non-hydrogen) atoms. The molecule has 0 saturated carbocycles. The van der Waals surface area contributed by atoms with E-state index in [4.69, 9.17) is 0 Å². The summed E-state index contributed by atoms with van der Waals surface area (Å²) in [6.07, 6.45) is 2.88. The summed E-state index contributed by atoms with van der Waals surface area (Å²) < 4.78 is 1.51. The van der Waals surface area contributed by atoms with Crippen molar-refractivity contribution in [1.29, 1.82) is 0 Å². The van der Waals surface area contributed by atoms with Crippen LogP contribution in [0.15, 0.2) is 30.3 Å². The maximum absolute atomic E-state index is 11.4. The van der Waals surface area contributed by atoms with Gasteiger partial charge in [-0.15, -0.1) is 0 Å². The minimum absolute atomic E-state index is 0.207. The van der Waals surface area contributed by atoms with Gasteiger partial charge < -0.3 is 10.0 Å². The molecular weight excluding hydrogens is 266 g/mol. The number of aromatic carboxylic acids is 1. The molecule has 5 nitrogen and oxygen atoms in total. The van der Waals surface area contributed by atoms with Gasteiger partial charge in [-0.2, -0.15) is 5.10 Å². The van der Waals surface area contributed by atoms with Gasteiger partial charge in [-0.3, -0.25) is 0 Å². The van der Waals surface area contributed by atoms with Crippen molar-refractivity contribution in [2.24, 2.45) is 0 Å². The van der Waals surface area contributed by atoms with E-state index in [-0.39, 0.29) is 5.69 Å². The Morgan fingerprint density at radius 1 is 1.29 bits per heavy atom. The van der Waals surface area contributed by atoms with Crippen LogP contribution in [0.5, 0.6) is 0 Å². The van der Waals surface area contributed by atoms with E-state index in [0.717, 1.165) is 36.3 Å². The minimum atomic E-state index is -0.957. The van der Waals surface area contributed by atoms with Crippen LogP contribution < -0.4 is 4.90 Å². The fourth-order valence-corrected chi connectivity index (χ4v) is 2.15. The van der Waals surface area contributed by atoms with E-state index < -0.39 is 5.97 Å². The summed E-state index contributed by atoms with van der Waals surface area (Å²) in [4.78, 5) is 13.4. The number of hydrogen-bond donors (Lipinski definition) is 1. The van der Waals surface area contributed by atoms with Gasteiger partial charge in [-0.05, 0) is 43.2 Å². The summed E-state index contributed by atoms with van der Waals surface area (Å²) in [5.74, 6) is -0.957. The van der Waals surface area contributed by atoms with Crippen molar-refractivity contribution >= 4 is 11.7 Å². The Bertz CT molecular complexity index is 615. The zero-order chi connectivity index (χ0) is 15.4. The maximum Gasteiger partial charge on any atom is 0.354 e. The van der Waals surface area contributed by atoms with E-state index in [1.807, 2.05) is 43.3 Å². The molecule has 0 aliphatic carbocycles. The Kier molecular flexibility index (Phi) is 4.62. The van der Waals surface area contributed by atoms with E-state index in [0.29, 0.717) is 0 Å². The number of benzene rings is 1. The number of aromatic nitrogens is 2. The first-order valence-corrected chi connectivity index (χ1v) is 7.13. The van der Waals surface area contributed by atoms with Gasteiger partial charge >= 0.3 is 5.97 Å². The first kappa shape index (κ1) is 15.1. The Morgan fingerprint density at radius 2 is 1.95 bits per heavy atom. The van der Waals surface area contributed by atoms with Crippen LogP contribution in [0.25, 0.3) is 5.69 Å². The highest BCUT2D eigenvalue weighted by atomic mass is 16.4. The molecule has 2 rings (SSSR count). The summed E-state index contributed by atoms with van der Waals surface area (Å²) in [7, 11) is 3.93. The third kappa shape index (κ3) is 3.42.